The predicted molar refractivity (Wildman–Crippen MR) is 201 cm³/mol. The SMILES string of the molecule is c1ccc(-c2nc(-c3cc(-c4cccc5oc6ccccc6c45)c4ccccc4c3)nc(-c3ccc4c(ccc5ccccc54)c3)n2)cc1. The summed E-state index contributed by atoms with van der Waals surface area (Å²) >= 11 is 0. The van der Waals surface area contributed by atoms with Crippen LogP contribution in [-0.2, 0) is 0 Å². The first-order chi connectivity index (χ1) is 24.3. The fraction of sp³-hybridized carbons (Fsp3) is 0. The lowest BCUT2D eigenvalue weighted by molar-refractivity contribution is 0.669. The first kappa shape index (κ1) is 27.5. The van der Waals surface area contributed by atoms with Gasteiger partial charge in [0.1, 0.15) is 11.2 Å². The molecular formula is C45H27N3O. The van der Waals surface area contributed by atoms with Gasteiger partial charge in [-0.25, -0.2) is 15.0 Å². The smallest absolute Gasteiger partial charge is 0.164 e. The number of rotatable bonds is 4. The molecule has 0 bridgehead atoms. The summed E-state index contributed by atoms with van der Waals surface area (Å²) in [6, 6.07) is 56.9. The Bertz CT molecular complexity index is 2890. The Morgan fingerprint density at radius 3 is 1.78 bits per heavy atom. The molecule has 0 atom stereocenters. The molecule has 0 amide bonds. The molecule has 0 saturated carbocycles. The number of para-hydroxylation sites is 1. The molecule has 0 N–H and O–H groups in total. The van der Waals surface area contributed by atoms with Crippen LogP contribution in [0.5, 0.6) is 0 Å². The number of furan rings is 1. The third-order valence-corrected chi connectivity index (χ3v) is 9.48. The van der Waals surface area contributed by atoms with Crippen LogP contribution in [0.2, 0.25) is 0 Å². The topological polar surface area (TPSA) is 51.8 Å². The van der Waals surface area contributed by atoms with Gasteiger partial charge in [0.05, 0.1) is 0 Å². The van der Waals surface area contributed by atoms with Gasteiger partial charge in [-0.05, 0) is 73.8 Å². The molecule has 0 aliphatic rings. The van der Waals surface area contributed by atoms with Gasteiger partial charge in [0.2, 0.25) is 0 Å². The molecule has 4 heteroatoms. The second kappa shape index (κ2) is 11.0. The number of fused-ring (bicyclic) bond motifs is 7. The van der Waals surface area contributed by atoms with Crippen LogP contribution in [0.4, 0.5) is 0 Å². The second-order valence-corrected chi connectivity index (χ2v) is 12.4. The van der Waals surface area contributed by atoms with Crippen molar-refractivity contribution in [2.75, 3.05) is 0 Å². The highest BCUT2D eigenvalue weighted by Crippen LogP contribution is 2.41. The standard InChI is InChI=1S/C45H27N3O/c1-2-12-29(13-3-1)43-46-44(32-23-24-36-31(25-32)22-21-28-11-4-6-15-34(28)36)48-45(47-43)33-26-30-14-5-7-16-35(30)39(27-33)37-18-10-20-41-42(37)38-17-8-9-19-40(38)49-41/h1-27H. The lowest BCUT2D eigenvalue weighted by Gasteiger charge is -2.13. The molecule has 0 aliphatic heterocycles. The summed E-state index contributed by atoms with van der Waals surface area (Å²) in [6.07, 6.45) is 0. The molecule has 49 heavy (non-hydrogen) atoms. The zero-order chi connectivity index (χ0) is 32.3. The molecule has 0 aliphatic carbocycles. The average molecular weight is 626 g/mol. The van der Waals surface area contributed by atoms with Crippen LogP contribution in [0, 0.1) is 0 Å². The molecule has 228 valence electrons. The first-order valence-corrected chi connectivity index (χ1v) is 16.4. The van der Waals surface area contributed by atoms with Gasteiger partial charge in [0.15, 0.2) is 17.5 Å². The van der Waals surface area contributed by atoms with E-state index in [-0.39, 0.29) is 0 Å². The Morgan fingerprint density at radius 1 is 0.327 bits per heavy atom. The molecule has 2 aromatic heterocycles. The van der Waals surface area contributed by atoms with Crippen LogP contribution in [0.1, 0.15) is 0 Å². The number of nitrogens with zero attached hydrogens (tertiary/aromatic N) is 3. The summed E-state index contributed by atoms with van der Waals surface area (Å²) in [5.74, 6) is 1.90. The van der Waals surface area contributed by atoms with E-state index < -0.39 is 0 Å². The van der Waals surface area contributed by atoms with E-state index in [4.69, 9.17) is 19.4 Å². The van der Waals surface area contributed by atoms with Gasteiger partial charge >= 0.3 is 0 Å². The van der Waals surface area contributed by atoms with E-state index in [1.54, 1.807) is 0 Å². The van der Waals surface area contributed by atoms with E-state index in [1.807, 2.05) is 48.5 Å². The molecule has 0 saturated heterocycles. The third kappa shape index (κ3) is 4.57. The van der Waals surface area contributed by atoms with E-state index >= 15 is 0 Å². The monoisotopic (exact) mass is 625 g/mol. The number of benzene rings is 8. The van der Waals surface area contributed by atoms with Gasteiger partial charge in [-0.1, -0.05) is 133 Å². The van der Waals surface area contributed by atoms with E-state index in [0.717, 1.165) is 65.9 Å². The lowest BCUT2D eigenvalue weighted by Crippen LogP contribution is -2.00. The van der Waals surface area contributed by atoms with Crippen molar-refractivity contribution in [2.24, 2.45) is 0 Å². The molecular weight excluding hydrogens is 599 g/mol. The third-order valence-electron chi connectivity index (χ3n) is 9.48. The average Bonchev–Trinajstić information content (AvgIpc) is 3.56. The molecule has 8 aromatic carbocycles. The van der Waals surface area contributed by atoms with Crippen molar-refractivity contribution in [3.05, 3.63) is 164 Å². The van der Waals surface area contributed by atoms with Crippen LogP contribution in [0.3, 0.4) is 0 Å². The second-order valence-electron chi connectivity index (χ2n) is 12.4. The lowest BCUT2D eigenvalue weighted by atomic mass is 9.92. The van der Waals surface area contributed by atoms with Crippen molar-refractivity contribution in [3.63, 3.8) is 0 Å². The predicted octanol–water partition coefficient (Wildman–Crippen LogP) is 11.9. The number of hydrogen-bond acceptors (Lipinski definition) is 4. The largest absolute Gasteiger partial charge is 0.456 e. The molecule has 4 nitrogen and oxygen atoms in total. The van der Waals surface area contributed by atoms with Crippen molar-refractivity contribution in [1.82, 2.24) is 15.0 Å². The zero-order valence-electron chi connectivity index (χ0n) is 26.3. The molecule has 10 aromatic rings. The van der Waals surface area contributed by atoms with Crippen LogP contribution in [-0.4, -0.2) is 15.0 Å². The van der Waals surface area contributed by atoms with Gasteiger partial charge in [0, 0.05) is 27.5 Å². The zero-order valence-corrected chi connectivity index (χ0v) is 26.3. The summed E-state index contributed by atoms with van der Waals surface area (Å²) < 4.78 is 6.29. The Morgan fingerprint density at radius 2 is 0.918 bits per heavy atom. The molecule has 0 spiro atoms. The fourth-order valence-corrected chi connectivity index (χ4v) is 7.16. The van der Waals surface area contributed by atoms with Crippen LogP contribution < -0.4 is 0 Å². The summed E-state index contributed by atoms with van der Waals surface area (Å²) in [4.78, 5) is 15.3. The highest BCUT2D eigenvalue weighted by atomic mass is 16.3. The molecule has 2 heterocycles. The summed E-state index contributed by atoms with van der Waals surface area (Å²) in [6.45, 7) is 0. The number of hydrogen-bond donors (Lipinski definition) is 0. The quantitative estimate of drug-likeness (QED) is 0.183. The Labute approximate surface area is 282 Å². The maximum atomic E-state index is 6.29. The molecule has 0 unspecified atom stereocenters. The van der Waals surface area contributed by atoms with E-state index in [9.17, 15) is 0 Å². The summed E-state index contributed by atoms with van der Waals surface area (Å²) in [5, 5.41) is 9.28. The minimum absolute atomic E-state index is 0.624. The van der Waals surface area contributed by atoms with Crippen LogP contribution >= 0.6 is 0 Å². The van der Waals surface area contributed by atoms with Crippen LogP contribution in [0.15, 0.2) is 168 Å². The van der Waals surface area contributed by atoms with E-state index in [0.29, 0.717) is 17.5 Å². The minimum Gasteiger partial charge on any atom is -0.456 e. The minimum atomic E-state index is 0.624. The first-order valence-electron chi connectivity index (χ1n) is 16.4. The maximum Gasteiger partial charge on any atom is 0.164 e. The van der Waals surface area contributed by atoms with E-state index in [1.165, 1.54) is 16.2 Å². The Balaban J connectivity index is 1.21. The highest BCUT2D eigenvalue weighted by molar-refractivity contribution is 6.16. The number of aromatic nitrogens is 3. The summed E-state index contributed by atoms with van der Waals surface area (Å²) in [5.41, 5.74) is 6.76. The van der Waals surface area contributed by atoms with Gasteiger partial charge < -0.3 is 4.42 Å². The fourth-order valence-electron chi connectivity index (χ4n) is 7.16. The van der Waals surface area contributed by atoms with E-state index in [2.05, 4.69) is 115 Å². The summed E-state index contributed by atoms with van der Waals surface area (Å²) in [7, 11) is 0. The maximum absolute atomic E-state index is 6.29. The van der Waals surface area contributed by atoms with Gasteiger partial charge in [-0.2, -0.15) is 0 Å². The Kier molecular flexibility index (Phi) is 6.15. The van der Waals surface area contributed by atoms with Crippen molar-refractivity contribution in [3.8, 4) is 45.3 Å². The highest BCUT2D eigenvalue weighted by Gasteiger charge is 2.18. The van der Waals surface area contributed by atoms with Crippen molar-refractivity contribution < 1.29 is 4.42 Å². The van der Waals surface area contributed by atoms with Gasteiger partial charge in [-0.3, -0.25) is 0 Å². The van der Waals surface area contributed by atoms with Crippen molar-refractivity contribution >= 4 is 54.3 Å². The van der Waals surface area contributed by atoms with Gasteiger partial charge in [-0.15, -0.1) is 0 Å². The van der Waals surface area contributed by atoms with Gasteiger partial charge in [0.25, 0.3) is 0 Å². The molecule has 0 fully saturated rings. The van der Waals surface area contributed by atoms with Crippen molar-refractivity contribution in [1.29, 1.82) is 0 Å². The normalized spacial score (nSPS) is 11.7. The molecule has 10 rings (SSSR count). The van der Waals surface area contributed by atoms with Crippen molar-refractivity contribution in [2.45, 2.75) is 0 Å². The Hall–Kier alpha value is -6.65. The molecule has 0 radical (unpaired) electrons. The van der Waals surface area contributed by atoms with Crippen LogP contribution in [0.25, 0.3) is 99.5 Å².